The number of carbonyl (C=O) groups is 2. The van der Waals surface area contributed by atoms with Crippen LogP contribution in [0.2, 0.25) is 0 Å². The second-order valence-corrected chi connectivity index (χ2v) is 7.61. The number of nitrogens with zero attached hydrogens (tertiary/aromatic N) is 1. The van der Waals surface area contributed by atoms with Crippen LogP contribution >= 0.6 is 21.6 Å². The maximum Gasteiger partial charge on any atom is 0.321 e. The van der Waals surface area contributed by atoms with Crippen LogP contribution in [0.4, 0.5) is 0 Å². The third-order valence-electron chi connectivity index (χ3n) is 2.58. The van der Waals surface area contributed by atoms with Crippen LogP contribution in [0.1, 0.15) is 27.7 Å². The minimum atomic E-state index is -1.02. The Morgan fingerprint density at radius 3 is 1.75 bits per heavy atom. The van der Waals surface area contributed by atoms with Crippen molar-refractivity contribution in [3.63, 3.8) is 0 Å². The third-order valence-corrected chi connectivity index (χ3v) is 5.05. The van der Waals surface area contributed by atoms with Crippen LogP contribution in [-0.4, -0.2) is 57.6 Å². The predicted octanol–water partition coefficient (Wildman–Crippen LogP) is 0.752. The number of carbonyl (C=O) groups excluding carboxylic acids is 1. The number of nitrogens with two attached hydrogens (primary N) is 2. The Hall–Kier alpha value is -0.440. The molecule has 0 fully saturated rings. The van der Waals surface area contributed by atoms with Gasteiger partial charge in [0.05, 0.1) is 6.04 Å². The number of carboxylic acids is 1. The highest BCUT2D eigenvalue weighted by atomic mass is 33.1. The monoisotopic (exact) mass is 323 g/mol. The van der Waals surface area contributed by atoms with Crippen LogP contribution in [0.5, 0.6) is 0 Å². The van der Waals surface area contributed by atoms with Crippen molar-refractivity contribution in [2.75, 3.05) is 11.5 Å². The first-order valence-corrected chi connectivity index (χ1v) is 8.97. The van der Waals surface area contributed by atoms with Crippen LogP contribution < -0.4 is 11.5 Å². The van der Waals surface area contributed by atoms with Crippen molar-refractivity contribution in [1.82, 2.24) is 4.90 Å². The summed E-state index contributed by atoms with van der Waals surface area (Å²) < 4.78 is 0. The lowest BCUT2D eigenvalue weighted by atomic mass is 10.2. The summed E-state index contributed by atoms with van der Waals surface area (Å²) >= 11 is 0. The number of amides is 1. The summed E-state index contributed by atoms with van der Waals surface area (Å²) in [5.41, 5.74) is 11.3. The van der Waals surface area contributed by atoms with E-state index in [1.54, 1.807) is 4.90 Å². The van der Waals surface area contributed by atoms with Gasteiger partial charge in [0.2, 0.25) is 5.91 Å². The van der Waals surface area contributed by atoms with Gasteiger partial charge >= 0.3 is 5.97 Å². The summed E-state index contributed by atoms with van der Waals surface area (Å²) in [6, 6.07) is -1.26. The topological polar surface area (TPSA) is 110 Å². The van der Waals surface area contributed by atoms with Crippen LogP contribution in [-0.2, 0) is 9.59 Å². The van der Waals surface area contributed by atoms with Crippen LogP contribution in [0, 0.1) is 0 Å². The fourth-order valence-electron chi connectivity index (χ4n) is 1.68. The summed E-state index contributed by atoms with van der Waals surface area (Å²) in [6.45, 7) is 7.83. The molecule has 118 valence electrons. The zero-order chi connectivity index (χ0) is 15.9. The first kappa shape index (κ1) is 19.6. The lowest BCUT2D eigenvalue weighted by Gasteiger charge is -2.32. The molecule has 0 saturated carbocycles. The van der Waals surface area contributed by atoms with Gasteiger partial charge in [-0.1, -0.05) is 21.6 Å². The number of hydrogen-bond acceptors (Lipinski definition) is 6. The summed E-state index contributed by atoms with van der Waals surface area (Å²) in [5, 5.41) is 8.64. The van der Waals surface area contributed by atoms with E-state index in [-0.39, 0.29) is 18.0 Å². The van der Waals surface area contributed by atoms with E-state index < -0.39 is 18.1 Å². The lowest BCUT2D eigenvalue weighted by Crippen LogP contribution is -2.51. The van der Waals surface area contributed by atoms with Gasteiger partial charge in [-0.3, -0.25) is 9.59 Å². The molecule has 20 heavy (non-hydrogen) atoms. The van der Waals surface area contributed by atoms with Gasteiger partial charge in [-0.25, -0.2) is 0 Å². The minimum absolute atomic E-state index is 0.0781. The molecule has 0 bridgehead atoms. The average Bonchev–Trinajstić information content (AvgIpc) is 2.32. The molecule has 0 radical (unpaired) electrons. The molecule has 0 aliphatic heterocycles. The molecule has 8 heteroatoms. The summed E-state index contributed by atoms with van der Waals surface area (Å²) in [7, 11) is 2.70. The molecule has 0 rings (SSSR count). The highest BCUT2D eigenvalue weighted by Gasteiger charge is 2.25. The van der Waals surface area contributed by atoms with Crippen LogP contribution in [0.3, 0.4) is 0 Å². The Morgan fingerprint density at radius 2 is 1.40 bits per heavy atom. The second-order valence-electron chi connectivity index (χ2n) is 5.05. The van der Waals surface area contributed by atoms with E-state index >= 15 is 0 Å². The van der Waals surface area contributed by atoms with Gasteiger partial charge in [0, 0.05) is 23.6 Å². The van der Waals surface area contributed by atoms with Gasteiger partial charge in [-0.05, 0) is 27.7 Å². The molecule has 0 aromatic heterocycles. The van der Waals surface area contributed by atoms with Gasteiger partial charge in [0.25, 0.3) is 0 Å². The van der Waals surface area contributed by atoms with Crippen molar-refractivity contribution < 1.29 is 14.7 Å². The lowest BCUT2D eigenvalue weighted by molar-refractivity contribution is -0.138. The molecule has 0 saturated heterocycles. The minimum Gasteiger partial charge on any atom is -0.480 e. The average molecular weight is 323 g/mol. The first-order chi connectivity index (χ1) is 9.18. The van der Waals surface area contributed by atoms with Crippen LogP contribution in [0.15, 0.2) is 0 Å². The number of aliphatic carboxylic acids is 1. The Labute approximate surface area is 128 Å². The smallest absolute Gasteiger partial charge is 0.321 e. The van der Waals surface area contributed by atoms with E-state index in [0.29, 0.717) is 11.5 Å². The molecule has 0 aliphatic carbocycles. The third kappa shape index (κ3) is 6.83. The van der Waals surface area contributed by atoms with Crippen molar-refractivity contribution in [2.24, 2.45) is 11.5 Å². The van der Waals surface area contributed by atoms with E-state index in [2.05, 4.69) is 0 Å². The second kappa shape index (κ2) is 9.49. The van der Waals surface area contributed by atoms with Crippen molar-refractivity contribution in [3.05, 3.63) is 0 Å². The van der Waals surface area contributed by atoms with Crippen LogP contribution in [0.25, 0.3) is 0 Å². The van der Waals surface area contributed by atoms with Crippen molar-refractivity contribution >= 4 is 33.5 Å². The van der Waals surface area contributed by atoms with E-state index in [4.69, 9.17) is 16.6 Å². The molecule has 6 nitrogen and oxygen atoms in total. The molecule has 0 unspecified atom stereocenters. The predicted molar refractivity (Wildman–Crippen MR) is 85.6 cm³/mol. The van der Waals surface area contributed by atoms with E-state index in [0.717, 1.165) is 0 Å². The van der Waals surface area contributed by atoms with Gasteiger partial charge < -0.3 is 21.5 Å². The molecule has 0 aliphatic rings. The maximum absolute atomic E-state index is 12.2. The van der Waals surface area contributed by atoms with E-state index in [1.165, 1.54) is 21.6 Å². The molecule has 0 spiro atoms. The molecule has 5 N–H and O–H groups in total. The van der Waals surface area contributed by atoms with Gasteiger partial charge in [0.15, 0.2) is 0 Å². The fourth-order valence-corrected chi connectivity index (χ4v) is 3.91. The molecule has 1 amide bonds. The van der Waals surface area contributed by atoms with Gasteiger partial charge in [-0.2, -0.15) is 0 Å². The van der Waals surface area contributed by atoms with Gasteiger partial charge in [0.1, 0.15) is 6.04 Å². The first-order valence-electron chi connectivity index (χ1n) is 6.49. The highest BCUT2D eigenvalue weighted by Crippen LogP contribution is 2.23. The van der Waals surface area contributed by atoms with E-state index in [9.17, 15) is 9.59 Å². The Morgan fingerprint density at radius 1 is 1.00 bits per heavy atom. The zero-order valence-corrected chi connectivity index (χ0v) is 14.0. The largest absolute Gasteiger partial charge is 0.480 e. The van der Waals surface area contributed by atoms with Crippen molar-refractivity contribution in [3.8, 4) is 0 Å². The van der Waals surface area contributed by atoms with Crippen molar-refractivity contribution in [2.45, 2.75) is 51.9 Å². The Balaban J connectivity index is 4.17. The van der Waals surface area contributed by atoms with Gasteiger partial charge in [-0.15, -0.1) is 0 Å². The summed E-state index contributed by atoms with van der Waals surface area (Å²) in [4.78, 5) is 24.5. The normalized spacial score (nSPS) is 14.4. The molecule has 0 aromatic rings. The van der Waals surface area contributed by atoms with Crippen molar-refractivity contribution in [1.29, 1.82) is 0 Å². The molecule has 2 atom stereocenters. The SMILES string of the molecule is CC(C)N(C(=O)[C@@H](N)CSSC[C@H](N)C(=O)O)C(C)C. The number of carboxylic acid groups (broad SMARTS) is 1. The molecular formula is C12H25N3O3S2. The highest BCUT2D eigenvalue weighted by molar-refractivity contribution is 8.76. The Kier molecular flexibility index (Phi) is 9.28. The standard InChI is InChI=1S/C12H25N3O3S2/c1-7(2)15(8(3)4)11(16)9(13)5-19-20-6-10(14)12(17)18/h7-10H,5-6,13-14H2,1-4H3,(H,17,18)/t9-,10-/m0/s1. The molecular weight excluding hydrogens is 298 g/mol. The number of hydrogen-bond donors (Lipinski definition) is 3. The summed E-state index contributed by atoms with van der Waals surface area (Å²) in [6.07, 6.45) is 0. The zero-order valence-electron chi connectivity index (χ0n) is 12.4. The summed E-state index contributed by atoms with van der Waals surface area (Å²) in [5.74, 6) is -0.375. The maximum atomic E-state index is 12.2. The molecule has 0 heterocycles. The quantitative estimate of drug-likeness (QED) is 0.424. The molecule has 0 aromatic carbocycles. The number of rotatable bonds is 9. The Bertz CT molecular complexity index is 319. The fraction of sp³-hybridized carbons (Fsp3) is 0.833. The van der Waals surface area contributed by atoms with E-state index in [1.807, 2.05) is 27.7 Å².